The molecule has 0 aliphatic heterocycles. The van der Waals surface area contributed by atoms with Gasteiger partial charge in [0.05, 0.1) is 5.56 Å². The van der Waals surface area contributed by atoms with E-state index in [4.69, 9.17) is 14.5 Å². The summed E-state index contributed by atoms with van der Waals surface area (Å²) in [5.74, 6) is -1.25. The maximum Gasteiger partial charge on any atom is 0.373 e. The van der Waals surface area contributed by atoms with E-state index in [1.807, 2.05) is 0 Å². The van der Waals surface area contributed by atoms with Gasteiger partial charge in [-0.05, 0) is 18.6 Å². The molecule has 0 amide bonds. The normalized spacial score (nSPS) is 11.5. The Bertz CT molecular complexity index is 455. The molecule has 0 spiro atoms. The molecule has 0 aromatic heterocycles. The predicted molar refractivity (Wildman–Crippen MR) is 77.2 cm³/mol. The first-order chi connectivity index (χ1) is 10.2. The molecule has 0 aliphatic rings. The first-order valence-corrected chi connectivity index (χ1v) is 6.93. The van der Waals surface area contributed by atoms with E-state index in [2.05, 4.69) is 13.5 Å². The molecule has 0 heterocycles. The molecular weight excluding hydrogens is 272 g/mol. The van der Waals surface area contributed by atoms with Gasteiger partial charge in [0.15, 0.2) is 0 Å². The van der Waals surface area contributed by atoms with Gasteiger partial charge in [-0.3, -0.25) is 4.89 Å². The van der Waals surface area contributed by atoms with Crippen molar-refractivity contribution in [1.29, 1.82) is 0 Å². The molecule has 1 atom stereocenters. The van der Waals surface area contributed by atoms with Crippen LogP contribution in [0.25, 0.3) is 0 Å². The lowest BCUT2D eigenvalue weighted by molar-refractivity contribution is -0.331. The molecule has 0 fully saturated rings. The summed E-state index contributed by atoms with van der Waals surface area (Å²) in [6, 6.07) is 8.43. The fourth-order valence-electron chi connectivity index (χ4n) is 1.59. The summed E-state index contributed by atoms with van der Waals surface area (Å²) in [4.78, 5) is 32.6. The summed E-state index contributed by atoms with van der Waals surface area (Å²) in [5, 5.41) is 0. The molecule has 0 saturated heterocycles. The number of unbranched alkanes of at least 4 members (excludes halogenated alkanes) is 2. The zero-order chi connectivity index (χ0) is 15.5. The SMILES string of the molecule is C=CC(=O)OC(CCCCC)OOC(=O)c1ccccc1. The second-order valence-corrected chi connectivity index (χ2v) is 4.40. The molecule has 0 bridgehead atoms. The highest BCUT2D eigenvalue weighted by molar-refractivity contribution is 5.88. The quantitative estimate of drug-likeness (QED) is 0.174. The Hall–Kier alpha value is -2.14. The number of rotatable bonds is 9. The number of benzene rings is 1. The number of hydrogen-bond acceptors (Lipinski definition) is 5. The molecule has 0 N–H and O–H groups in total. The summed E-state index contributed by atoms with van der Waals surface area (Å²) in [5.41, 5.74) is 0.361. The van der Waals surface area contributed by atoms with Gasteiger partial charge in [-0.15, -0.1) is 4.89 Å². The van der Waals surface area contributed by atoms with E-state index in [0.717, 1.165) is 25.3 Å². The highest BCUT2D eigenvalue weighted by atomic mass is 17.2. The Kier molecular flexibility index (Phi) is 7.82. The zero-order valence-electron chi connectivity index (χ0n) is 12.1. The second kappa shape index (κ2) is 9.72. The number of carbonyl (C=O) groups excluding carboxylic acids is 2. The summed E-state index contributed by atoms with van der Waals surface area (Å²) in [6.07, 6.45) is 3.36. The molecule has 5 heteroatoms. The molecule has 21 heavy (non-hydrogen) atoms. The molecule has 1 aromatic rings. The first kappa shape index (κ1) is 16.9. The molecule has 0 saturated carbocycles. The van der Waals surface area contributed by atoms with Crippen LogP contribution in [0, 0.1) is 0 Å². The van der Waals surface area contributed by atoms with Crippen molar-refractivity contribution in [3.63, 3.8) is 0 Å². The average molecular weight is 292 g/mol. The minimum atomic E-state index is -0.922. The predicted octanol–water partition coefficient (Wildman–Crippen LogP) is 3.41. The van der Waals surface area contributed by atoms with Crippen LogP contribution in [0.15, 0.2) is 43.0 Å². The molecule has 1 aromatic carbocycles. The van der Waals surface area contributed by atoms with Crippen molar-refractivity contribution in [3.8, 4) is 0 Å². The molecule has 1 rings (SSSR count). The third kappa shape index (κ3) is 6.72. The van der Waals surface area contributed by atoms with Crippen molar-refractivity contribution in [1.82, 2.24) is 0 Å². The number of carbonyl (C=O) groups is 2. The number of ether oxygens (including phenoxy) is 1. The number of hydrogen-bond donors (Lipinski definition) is 0. The third-order valence-electron chi connectivity index (χ3n) is 2.70. The van der Waals surface area contributed by atoms with Crippen LogP contribution in [-0.4, -0.2) is 18.2 Å². The molecular formula is C16H20O5. The maximum atomic E-state index is 11.7. The van der Waals surface area contributed by atoms with Crippen LogP contribution < -0.4 is 0 Å². The Morgan fingerprint density at radius 2 is 1.95 bits per heavy atom. The molecule has 114 valence electrons. The van der Waals surface area contributed by atoms with Gasteiger partial charge in [0.1, 0.15) is 0 Å². The minimum absolute atomic E-state index is 0.361. The van der Waals surface area contributed by atoms with E-state index >= 15 is 0 Å². The fraction of sp³-hybridized carbons (Fsp3) is 0.375. The monoisotopic (exact) mass is 292 g/mol. The average Bonchev–Trinajstić information content (AvgIpc) is 2.52. The van der Waals surface area contributed by atoms with Crippen molar-refractivity contribution >= 4 is 11.9 Å². The Morgan fingerprint density at radius 3 is 2.57 bits per heavy atom. The van der Waals surface area contributed by atoms with Crippen LogP contribution in [0.4, 0.5) is 0 Å². The van der Waals surface area contributed by atoms with Crippen LogP contribution in [0.3, 0.4) is 0 Å². The maximum absolute atomic E-state index is 11.7. The van der Waals surface area contributed by atoms with E-state index in [-0.39, 0.29) is 0 Å². The highest BCUT2D eigenvalue weighted by Crippen LogP contribution is 2.11. The summed E-state index contributed by atoms with van der Waals surface area (Å²) in [7, 11) is 0. The van der Waals surface area contributed by atoms with Crippen molar-refractivity contribution in [2.75, 3.05) is 0 Å². The number of esters is 1. The van der Waals surface area contributed by atoms with Crippen molar-refractivity contribution in [2.24, 2.45) is 0 Å². The second-order valence-electron chi connectivity index (χ2n) is 4.40. The Balaban J connectivity index is 2.49. The molecule has 0 radical (unpaired) electrons. The summed E-state index contributed by atoms with van der Waals surface area (Å²) in [6.45, 7) is 5.37. The van der Waals surface area contributed by atoms with Gasteiger partial charge in [0.2, 0.25) is 6.29 Å². The molecule has 1 unspecified atom stereocenters. The lowest BCUT2D eigenvalue weighted by Crippen LogP contribution is -2.22. The Labute approximate surface area is 124 Å². The zero-order valence-corrected chi connectivity index (χ0v) is 12.1. The summed E-state index contributed by atoms with van der Waals surface area (Å²) < 4.78 is 4.98. The van der Waals surface area contributed by atoms with E-state index < -0.39 is 18.2 Å². The highest BCUT2D eigenvalue weighted by Gasteiger charge is 2.17. The van der Waals surface area contributed by atoms with Gasteiger partial charge in [-0.1, -0.05) is 44.5 Å². The van der Waals surface area contributed by atoms with E-state index in [1.54, 1.807) is 30.3 Å². The van der Waals surface area contributed by atoms with Crippen LogP contribution in [0.2, 0.25) is 0 Å². The van der Waals surface area contributed by atoms with Crippen molar-refractivity contribution in [2.45, 2.75) is 38.9 Å². The standard InChI is InChI=1S/C16H20O5/c1-3-5-7-12-15(19-14(17)4-2)20-21-16(18)13-10-8-6-9-11-13/h4,6,8-11,15H,2-3,5,7,12H2,1H3. The molecule has 5 nitrogen and oxygen atoms in total. The van der Waals surface area contributed by atoms with Gasteiger partial charge in [0.25, 0.3) is 0 Å². The van der Waals surface area contributed by atoms with Gasteiger partial charge in [0, 0.05) is 12.5 Å². The van der Waals surface area contributed by atoms with Crippen LogP contribution in [0.5, 0.6) is 0 Å². The minimum Gasteiger partial charge on any atom is -0.429 e. The van der Waals surface area contributed by atoms with Crippen LogP contribution in [-0.2, 0) is 19.3 Å². The van der Waals surface area contributed by atoms with E-state index in [1.165, 1.54) is 0 Å². The largest absolute Gasteiger partial charge is 0.429 e. The lowest BCUT2D eigenvalue weighted by atomic mass is 10.2. The van der Waals surface area contributed by atoms with Crippen LogP contribution >= 0.6 is 0 Å². The molecule has 0 aliphatic carbocycles. The summed E-state index contributed by atoms with van der Waals surface area (Å²) >= 11 is 0. The van der Waals surface area contributed by atoms with Crippen molar-refractivity contribution < 1.29 is 24.1 Å². The topological polar surface area (TPSA) is 61.8 Å². The third-order valence-corrected chi connectivity index (χ3v) is 2.70. The Morgan fingerprint density at radius 1 is 1.24 bits per heavy atom. The smallest absolute Gasteiger partial charge is 0.373 e. The van der Waals surface area contributed by atoms with Gasteiger partial charge in [-0.25, -0.2) is 9.59 Å². The van der Waals surface area contributed by atoms with Crippen LogP contribution in [0.1, 0.15) is 43.0 Å². The first-order valence-electron chi connectivity index (χ1n) is 6.93. The van der Waals surface area contributed by atoms with Crippen molar-refractivity contribution in [3.05, 3.63) is 48.6 Å². The van der Waals surface area contributed by atoms with Gasteiger partial charge in [-0.2, -0.15) is 0 Å². The van der Waals surface area contributed by atoms with Gasteiger partial charge < -0.3 is 4.74 Å². The van der Waals surface area contributed by atoms with E-state index in [9.17, 15) is 9.59 Å². The van der Waals surface area contributed by atoms with Gasteiger partial charge >= 0.3 is 11.9 Å². The fourth-order valence-corrected chi connectivity index (χ4v) is 1.59. The van der Waals surface area contributed by atoms with E-state index in [0.29, 0.717) is 12.0 Å². The lowest BCUT2D eigenvalue weighted by Gasteiger charge is -2.15.